The van der Waals surface area contributed by atoms with Gasteiger partial charge in [-0.05, 0) is 38.8 Å². The maximum Gasteiger partial charge on any atom is 0.318 e. The summed E-state index contributed by atoms with van der Waals surface area (Å²) in [5, 5.41) is 5.50. The molecule has 0 saturated heterocycles. The van der Waals surface area contributed by atoms with Crippen molar-refractivity contribution >= 4 is 12.0 Å². The first-order valence-corrected chi connectivity index (χ1v) is 6.35. The third-order valence-electron chi connectivity index (χ3n) is 2.25. The number of aromatic nitrogens is 1. The van der Waals surface area contributed by atoms with Crippen molar-refractivity contribution in [3.63, 3.8) is 0 Å². The van der Waals surface area contributed by atoms with Crippen LogP contribution in [0.4, 0.5) is 4.79 Å². The standard InChI is InChI=1S/C13H21N5O/c1-10(2)17-13(18-12(14)19)16-9-5-7-11-6-3-4-8-15-11/h3-4,6,8,10H,5,7,9H2,1-2H3,(H4,14,16,17,18,19). The van der Waals surface area contributed by atoms with E-state index in [0.717, 1.165) is 18.5 Å². The number of rotatable bonds is 5. The summed E-state index contributed by atoms with van der Waals surface area (Å²) in [6, 6.07) is 5.41. The number of nitrogens with zero attached hydrogens (tertiary/aromatic N) is 2. The lowest BCUT2D eigenvalue weighted by Crippen LogP contribution is -2.46. The number of nitrogens with one attached hydrogen (secondary N) is 2. The molecule has 0 fully saturated rings. The number of nitrogens with two attached hydrogens (primary N) is 1. The summed E-state index contributed by atoms with van der Waals surface area (Å²) < 4.78 is 0. The van der Waals surface area contributed by atoms with Crippen LogP contribution in [0.3, 0.4) is 0 Å². The Bertz CT molecular complexity index is 416. The molecule has 0 unspecified atom stereocenters. The van der Waals surface area contributed by atoms with Crippen LogP contribution in [0.2, 0.25) is 0 Å². The molecule has 4 N–H and O–H groups in total. The Morgan fingerprint density at radius 3 is 2.84 bits per heavy atom. The van der Waals surface area contributed by atoms with E-state index in [2.05, 4.69) is 20.6 Å². The number of carbonyl (C=O) groups is 1. The zero-order valence-corrected chi connectivity index (χ0v) is 11.4. The summed E-state index contributed by atoms with van der Waals surface area (Å²) in [6.45, 7) is 4.53. The molecule has 104 valence electrons. The Kier molecular flexibility index (Phi) is 6.35. The van der Waals surface area contributed by atoms with Gasteiger partial charge in [0.05, 0.1) is 0 Å². The molecule has 0 spiro atoms. The third kappa shape index (κ3) is 7.03. The normalized spacial score (nSPS) is 11.4. The molecule has 0 saturated carbocycles. The predicted octanol–water partition coefficient (Wildman–Crippen LogP) is 1.04. The number of aliphatic imine (C=N–C) groups is 1. The third-order valence-corrected chi connectivity index (χ3v) is 2.25. The van der Waals surface area contributed by atoms with Gasteiger partial charge in [0, 0.05) is 24.5 Å². The van der Waals surface area contributed by atoms with Gasteiger partial charge in [0.1, 0.15) is 0 Å². The van der Waals surface area contributed by atoms with Crippen LogP contribution in [-0.2, 0) is 6.42 Å². The largest absolute Gasteiger partial charge is 0.354 e. The van der Waals surface area contributed by atoms with Crippen molar-refractivity contribution in [3.8, 4) is 0 Å². The van der Waals surface area contributed by atoms with Crippen molar-refractivity contribution in [2.24, 2.45) is 10.7 Å². The molecule has 0 aromatic carbocycles. The van der Waals surface area contributed by atoms with Gasteiger partial charge in [0.15, 0.2) is 5.96 Å². The number of urea groups is 1. The van der Waals surface area contributed by atoms with Crippen molar-refractivity contribution in [1.82, 2.24) is 15.6 Å². The molecule has 1 heterocycles. The summed E-state index contributed by atoms with van der Waals surface area (Å²) in [6.07, 6.45) is 3.50. The lowest BCUT2D eigenvalue weighted by Gasteiger charge is -2.12. The average Bonchev–Trinajstić information content (AvgIpc) is 2.34. The number of pyridine rings is 1. The van der Waals surface area contributed by atoms with E-state index >= 15 is 0 Å². The van der Waals surface area contributed by atoms with Crippen molar-refractivity contribution in [2.45, 2.75) is 32.7 Å². The van der Waals surface area contributed by atoms with Gasteiger partial charge in [-0.2, -0.15) is 0 Å². The number of carbonyl (C=O) groups excluding carboxylic acids is 1. The lowest BCUT2D eigenvalue weighted by molar-refractivity contribution is 0.252. The number of aryl methyl sites for hydroxylation is 1. The van der Waals surface area contributed by atoms with Crippen molar-refractivity contribution in [3.05, 3.63) is 30.1 Å². The zero-order valence-electron chi connectivity index (χ0n) is 11.4. The molecule has 6 heteroatoms. The van der Waals surface area contributed by atoms with Crippen molar-refractivity contribution in [2.75, 3.05) is 6.54 Å². The number of hydrogen-bond donors (Lipinski definition) is 3. The maximum absolute atomic E-state index is 10.8. The highest BCUT2D eigenvalue weighted by atomic mass is 16.2. The SMILES string of the molecule is CC(C)NC(=NCCCc1ccccn1)NC(N)=O. The van der Waals surface area contributed by atoms with Gasteiger partial charge in [-0.15, -0.1) is 0 Å². The molecule has 19 heavy (non-hydrogen) atoms. The first kappa shape index (κ1) is 14.9. The lowest BCUT2D eigenvalue weighted by atomic mass is 10.2. The molecule has 0 bridgehead atoms. The molecule has 0 aliphatic rings. The molecule has 0 aliphatic carbocycles. The van der Waals surface area contributed by atoms with Crippen LogP contribution in [0.5, 0.6) is 0 Å². The highest BCUT2D eigenvalue weighted by Crippen LogP contribution is 1.98. The molecule has 0 atom stereocenters. The first-order chi connectivity index (χ1) is 9.08. The highest BCUT2D eigenvalue weighted by molar-refractivity contribution is 5.95. The molecule has 6 nitrogen and oxygen atoms in total. The molecule has 1 rings (SSSR count). The van der Waals surface area contributed by atoms with E-state index in [4.69, 9.17) is 5.73 Å². The van der Waals surface area contributed by atoms with Crippen LogP contribution in [0, 0.1) is 0 Å². The summed E-state index contributed by atoms with van der Waals surface area (Å²) in [5.74, 6) is 0.420. The van der Waals surface area contributed by atoms with Crippen LogP contribution in [-0.4, -0.2) is 29.6 Å². The average molecular weight is 263 g/mol. The van der Waals surface area contributed by atoms with E-state index in [0.29, 0.717) is 12.5 Å². The zero-order chi connectivity index (χ0) is 14.1. The molecule has 2 amide bonds. The Hall–Kier alpha value is -2.11. The Morgan fingerprint density at radius 2 is 2.26 bits per heavy atom. The van der Waals surface area contributed by atoms with E-state index < -0.39 is 6.03 Å². The van der Waals surface area contributed by atoms with Crippen LogP contribution in [0.1, 0.15) is 26.0 Å². The quantitative estimate of drug-likeness (QED) is 0.421. The van der Waals surface area contributed by atoms with Crippen LogP contribution in [0.15, 0.2) is 29.4 Å². The smallest absolute Gasteiger partial charge is 0.318 e. The van der Waals surface area contributed by atoms with Gasteiger partial charge >= 0.3 is 6.03 Å². The van der Waals surface area contributed by atoms with Gasteiger partial charge < -0.3 is 11.1 Å². The fourth-order valence-electron chi connectivity index (χ4n) is 1.51. The molecule has 0 radical (unpaired) electrons. The topological polar surface area (TPSA) is 92.4 Å². The van der Waals surface area contributed by atoms with Crippen LogP contribution in [0.25, 0.3) is 0 Å². The minimum absolute atomic E-state index is 0.182. The number of amides is 2. The minimum atomic E-state index is -0.614. The van der Waals surface area contributed by atoms with E-state index in [1.54, 1.807) is 6.20 Å². The second-order valence-electron chi connectivity index (χ2n) is 4.44. The van der Waals surface area contributed by atoms with Gasteiger partial charge in [-0.25, -0.2) is 4.79 Å². The molecular formula is C13H21N5O. The van der Waals surface area contributed by atoms with Crippen LogP contribution >= 0.6 is 0 Å². The fourth-order valence-corrected chi connectivity index (χ4v) is 1.51. The number of primary amides is 1. The van der Waals surface area contributed by atoms with Gasteiger partial charge in [-0.3, -0.25) is 15.3 Å². The summed E-state index contributed by atoms with van der Waals surface area (Å²) >= 11 is 0. The van der Waals surface area contributed by atoms with Gasteiger partial charge in [0.2, 0.25) is 0 Å². The molecule has 0 aliphatic heterocycles. The monoisotopic (exact) mass is 263 g/mol. The Labute approximate surface area is 113 Å². The summed E-state index contributed by atoms with van der Waals surface area (Å²) in [4.78, 5) is 19.3. The second-order valence-corrected chi connectivity index (χ2v) is 4.44. The fraction of sp³-hybridized carbons (Fsp3) is 0.462. The second kappa shape index (κ2) is 8.07. The molecule has 1 aromatic rings. The number of hydrogen-bond acceptors (Lipinski definition) is 3. The maximum atomic E-state index is 10.8. The van der Waals surface area contributed by atoms with Gasteiger partial charge in [0.25, 0.3) is 0 Å². The van der Waals surface area contributed by atoms with Crippen molar-refractivity contribution < 1.29 is 4.79 Å². The van der Waals surface area contributed by atoms with E-state index in [1.807, 2.05) is 32.0 Å². The van der Waals surface area contributed by atoms with E-state index in [-0.39, 0.29) is 6.04 Å². The molecular weight excluding hydrogens is 242 g/mol. The predicted molar refractivity (Wildman–Crippen MR) is 75.9 cm³/mol. The first-order valence-electron chi connectivity index (χ1n) is 6.35. The van der Waals surface area contributed by atoms with Crippen LogP contribution < -0.4 is 16.4 Å². The highest BCUT2D eigenvalue weighted by Gasteiger charge is 2.03. The summed E-state index contributed by atoms with van der Waals surface area (Å²) in [7, 11) is 0. The van der Waals surface area contributed by atoms with Gasteiger partial charge in [-0.1, -0.05) is 6.07 Å². The number of guanidine groups is 1. The molecule has 1 aromatic heterocycles. The Balaban J connectivity index is 2.40. The minimum Gasteiger partial charge on any atom is -0.354 e. The van der Waals surface area contributed by atoms with E-state index in [9.17, 15) is 4.79 Å². The Morgan fingerprint density at radius 1 is 1.47 bits per heavy atom. The van der Waals surface area contributed by atoms with Crippen molar-refractivity contribution in [1.29, 1.82) is 0 Å². The van der Waals surface area contributed by atoms with E-state index in [1.165, 1.54) is 0 Å². The summed E-state index contributed by atoms with van der Waals surface area (Å²) in [5.41, 5.74) is 6.12.